The molecule has 0 atom stereocenters. The second-order valence-corrected chi connectivity index (χ2v) is 4.04. The van der Waals surface area contributed by atoms with E-state index in [9.17, 15) is 0 Å². The van der Waals surface area contributed by atoms with Gasteiger partial charge in [-0.05, 0) is 29.8 Å². The molecule has 0 aliphatic carbocycles. The van der Waals surface area contributed by atoms with Crippen LogP contribution in [-0.2, 0) is 0 Å². The van der Waals surface area contributed by atoms with Crippen LogP contribution in [0.3, 0.4) is 0 Å². The molecule has 1 aromatic heterocycles. The Kier molecular flexibility index (Phi) is 2.26. The second-order valence-electron chi connectivity index (χ2n) is 4.04. The molecule has 2 nitrogen and oxygen atoms in total. The summed E-state index contributed by atoms with van der Waals surface area (Å²) in [4.78, 5) is 4.45. The quantitative estimate of drug-likeness (QED) is 0.637. The molecule has 0 saturated heterocycles. The summed E-state index contributed by atoms with van der Waals surface area (Å²) in [5.74, 6) is 0. The molecule has 82 valence electrons. The molecule has 0 amide bonds. The molecule has 0 aliphatic heterocycles. The molecule has 0 fully saturated rings. The van der Waals surface area contributed by atoms with Crippen LogP contribution in [0.1, 0.15) is 0 Å². The van der Waals surface area contributed by atoms with Gasteiger partial charge in [0.15, 0.2) is 0 Å². The molecule has 3 aromatic rings. The van der Waals surface area contributed by atoms with Gasteiger partial charge < -0.3 is 5.73 Å². The van der Waals surface area contributed by atoms with Gasteiger partial charge in [-0.15, -0.1) is 0 Å². The van der Waals surface area contributed by atoms with Gasteiger partial charge in [-0.25, -0.2) is 0 Å². The third-order valence-corrected chi connectivity index (χ3v) is 2.81. The van der Waals surface area contributed by atoms with E-state index in [4.69, 9.17) is 5.73 Å². The highest BCUT2D eigenvalue weighted by atomic mass is 14.6. The van der Waals surface area contributed by atoms with Gasteiger partial charge in [0.2, 0.25) is 0 Å². The van der Waals surface area contributed by atoms with Gasteiger partial charge in [-0.3, -0.25) is 4.98 Å². The van der Waals surface area contributed by atoms with Crippen molar-refractivity contribution in [3.63, 3.8) is 0 Å². The predicted molar refractivity (Wildman–Crippen MR) is 71.6 cm³/mol. The van der Waals surface area contributed by atoms with E-state index in [0.29, 0.717) is 0 Å². The van der Waals surface area contributed by atoms with Crippen molar-refractivity contribution in [2.45, 2.75) is 0 Å². The van der Waals surface area contributed by atoms with E-state index in [1.165, 1.54) is 0 Å². The number of aromatic nitrogens is 1. The number of nitrogens with two attached hydrogens (primary N) is 1. The summed E-state index contributed by atoms with van der Waals surface area (Å²) in [6, 6.07) is 18.1. The lowest BCUT2D eigenvalue weighted by Crippen LogP contribution is -1.86. The molecule has 2 heteroatoms. The molecule has 0 unspecified atom stereocenters. The number of rotatable bonds is 1. The number of pyridine rings is 1. The van der Waals surface area contributed by atoms with E-state index in [1.54, 1.807) is 0 Å². The first-order valence-corrected chi connectivity index (χ1v) is 5.54. The van der Waals surface area contributed by atoms with E-state index in [2.05, 4.69) is 17.1 Å². The normalized spacial score (nSPS) is 10.6. The zero-order valence-corrected chi connectivity index (χ0v) is 9.30. The maximum absolute atomic E-state index is 5.79. The van der Waals surface area contributed by atoms with Gasteiger partial charge in [0.1, 0.15) is 0 Å². The lowest BCUT2D eigenvalue weighted by molar-refractivity contribution is 1.41. The van der Waals surface area contributed by atoms with Crippen LogP contribution in [0.15, 0.2) is 60.8 Å². The minimum absolute atomic E-state index is 0.774. The van der Waals surface area contributed by atoms with Crippen LogP contribution in [-0.4, -0.2) is 4.98 Å². The van der Waals surface area contributed by atoms with Crippen LogP contribution in [0.25, 0.3) is 22.0 Å². The molecule has 0 radical (unpaired) electrons. The highest BCUT2D eigenvalue weighted by Crippen LogP contribution is 2.23. The van der Waals surface area contributed by atoms with Crippen molar-refractivity contribution in [2.24, 2.45) is 0 Å². The standard InChI is InChI=1S/C15H12N2/c16-14-6-3-5-11(9-14)13-8-12-4-1-2-7-15(12)17-10-13/h1-10H,16H2. The number of benzene rings is 2. The molecule has 1 heterocycles. The highest BCUT2D eigenvalue weighted by molar-refractivity contribution is 5.83. The minimum atomic E-state index is 0.774. The third-order valence-electron chi connectivity index (χ3n) is 2.81. The van der Waals surface area contributed by atoms with Crippen LogP contribution < -0.4 is 5.73 Å². The Balaban J connectivity index is 2.18. The summed E-state index contributed by atoms with van der Waals surface area (Å²) in [5.41, 5.74) is 9.77. The number of fused-ring (bicyclic) bond motifs is 1. The van der Waals surface area contributed by atoms with Crippen molar-refractivity contribution in [3.8, 4) is 11.1 Å². The molecule has 2 aromatic carbocycles. The van der Waals surface area contributed by atoms with E-state index in [-0.39, 0.29) is 0 Å². The summed E-state index contributed by atoms with van der Waals surface area (Å²) in [6.45, 7) is 0. The second kappa shape index (κ2) is 3.91. The van der Waals surface area contributed by atoms with Crippen molar-refractivity contribution < 1.29 is 0 Å². The van der Waals surface area contributed by atoms with Crippen molar-refractivity contribution in [1.29, 1.82) is 0 Å². The van der Waals surface area contributed by atoms with Crippen molar-refractivity contribution in [3.05, 3.63) is 60.8 Å². The molecule has 2 N–H and O–H groups in total. The first-order chi connectivity index (χ1) is 8.33. The average Bonchev–Trinajstić information content (AvgIpc) is 2.38. The Bertz CT molecular complexity index is 674. The number of nitrogen functional groups attached to an aromatic ring is 1. The van der Waals surface area contributed by atoms with Crippen LogP contribution >= 0.6 is 0 Å². The molecule has 0 bridgehead atoms. The van der Waals surface area contributed by atoms with Gasteiger partial charge in [-0.2, -0.15) is 0 Å². The Hall–Kier alpha value is -2.35. The van der Waals surface area contributed by atoms with Crippen LogP contribution in [0.4, 0.5) is 5.69 Å². The molecule has 3 rings (SSSR count). The molecular weight excluding hydrogens is 208 g/mol. The van der Waals surface area contributed by atoms with Gasteiger partial charge in [0.25, 0.3) is 0 Å². The number of hydrogen-bond acceptors (Lipinski definition) is 2. The SMILES string of the molecule is Nc1cccc(-c2cnc3ccccc3c2)c1. The van der Waals surface area contributed by atoms with Gasteiger partial charge in [0.05, 0.1) is 5.52 Å². The van der Waals surface area contributed by atoms with E-state index < -0.39 is 0 Å². The average molecular weight is 220 g/mol. The lowest BCUT2D eigenvalue weighted by Gasteiger charge is -2.04. The monoisotopic (exact) mass is 220 g/mol. The Morgan fingerprint density at radius 3 is 2.59 bits per heavy atom. The Labute approximate surface area is 99.7 Å². The smallest absolute Gasteiger partial charge is 0.0702 e. The van der Waals surface area contributed by atoms with Crippen molar-refractivity contribution in [2.75, 3.05) is 5.73 Å². The zero-order valence-electron chi connectivity index (χ0n) is 9.30. The number of para-hydroxylation sites is 1. The summed E-state index contributed by atoms with van der Waals surface area (Å²) < 4.78 is 0. The fraction of sp³-hybridized carbons (Fsp3) is 0. The van der Waals surface area contributed by atoms with Gasteiger partial charge in [-0.1, -0.05) is 30.3 Å². The summed E-state index contributed by atoms with van der Waals surface area (Å²) >= 11 is 0. The molecule has 0 spiro atoms. The fourth-order valence-electron chi connectivity index (χ4n) is 1.95. The zero-order chi connectivity index (χ0) is 11.7. The molecular formula is C15H12N2. The van der Waals surface area contributed by atoms with Crippen LogP contribution in [0.5, 0.6) is 0 Å². The van der Waals surface area contributed by atoms with E-state index in [0.717, 1.165) is 27.7 Å². The third kappa shape index (κ3) is 1.85. The number of hydrogen-bond donors (Lipinski definition) is 1. The molecule has 0 saturated carbocycles. The lowest BCUT2D eigenvalue weighted by atomic mass is 10.1. The molecule has 0 aliphatic rings. The van der Waals surface area contributed by atoms with Crippen LogP contribution in [0.2, 0.25) is 0 Å². The first-order valence-electron chi connectivity index (χ1n) is 5.54. The highest BCUT2D eigenvalue weighted by Gasteiger charge is 2.00. The summed E-state index contributed by atoms with van der Waals surface area (Å²) in [6.07, 6.45) is 1.89. The molecule has 17 heavy (non-hydrogen) atoms. The minimum Gasteiger partial charge on any atom is -0.399 e. The largest absolute Gasteiger partial charge is 0.399 e. The van der Waals surface area contributed by atoms with Crippen LogP contribution in [0, 0.1) is 0 Å². The predicted octanol–water partition coefficient (Wildman–Crippen LogP) is 3.48. The fourth-order valence-corrected chi connectivity index (χ4v) is 1.95. The first kappa shape index (κ1) is 9.85. The summed E-state index contributed by atoms with van der Waals surface area (Å²) in [7, 11) is 0. The Morgan fingerprint density at radius 2 is 1.71 bits per heavy atom. The summed E-state index contributed by atoms with van der Waals surface area (Å²) in [5, 5.41) is 1.15. The van der Waals surface area contributed by atoms with E-state index >= 15 is 0 Å². The number of anilines is 1. The number of nitrogens with zero attached hydrogens (tertiary/aromatic N) is 1. The van der Waals surface area contributed by atoms with Gasteiger partial charge in [0, 0.05) is 22.8 Å². The van der Waals surface area contributed by atoms with Crippen molar-refractivity contribution >= 4 is 16.6 Å². The van der Waals surface area contributed by atoms with Gasteiger partial charge >= 0.3 is 0 Å². The Morgan fingerprint density at radius 1 is 0.824 bits per heavy atom. The van der Waals surface area contributed by atoms with Crippen molar-refractivity contribution in [1.82, 2.24) is 4.98 Å². The maximum Gasteiger partial charge on any atom is 0.0702 e. The topological polar surface area (TPSA) is 38.9 Å². The maximum atomic E-state index is 5.79. The van der Waals surface area contributed by atoms with E-state index in [1.807, 2.05) is 48.7 Å².